The average Bonchev–Trinajstić information content (AvgIpc) is 2.61. The number of hydrogen-bond donors (Lipinski definition) is 1. The Morgan fingerprint density at radius 2 is 2.25 bits per heavy atom. The van der Waals surface area contributed by atoms with E-state index in [0.29, 0.717) is 13.0 Å². The third kappa shape index (κ3) is 3.88. The van der Waals surface area contributed by atoms with Crippen LogP contribution in [0.1, 0.15) is 13.3 Å². The first-order chi connectivity index (χ1) is 7.29. The molecule has 1 fully saturated rings. The number of aliphatic hydroxyl groups is 1. The molecule has 0 aromatic carbocycles. The van der Waals surface area contributed by atoms with Crippen LogP contribution in [0.2, 0.25) is 0 Å². The van der Waals surface area contributed by atoms with Crippen molar-refractivity contribution < 1.29 is 27.8 Å². The predicted molar refractivity (Wildman–Crippen MR) is 48.8 cm³/mol. The van der Waals surface area contributed by atoms with E-state index < -0.39 is 25.0 Å². The van der Waals surface area contributed by atoms with Crippen LogP contribution in [-0.4, -0.2) is 48.1 Å². The lowest BCUT2D eigenvalue weighted by molar-refractivity contribution is -0.162. The molecule has 2 atom stereocenters. The van der Waals surface area contributed by atoms with Crippen molar-refractivity contribution in [1.82, 2.24) is 4.90 Å². The first-order valence-electron chi connectivity index (χ1n) is 4.96. The summed E-state index contributed by atoms with van der Waals surface area (Å²) in [6.45, 7) is 0.595. The first kappa shape index (κ1) is 13.1. The van der Waals surface area contributed by atoms with Crippen molar-refractivity contribution >= 4 is 6.09 Å². The van der Waals surface area contributed by atoms with Crippen molar-refractivity contribution in [3.05, 3.63) is 0 Å². The van der Waals surface area contributed by atoms with Crippen molar-refractivity contribution in [1.29, 1.82) is 0 Å². The van der Waals surface area contributed by atoms with Crippen molar-refractivity contribution in [2.24, 2.45) is 5.92 Å². The number of amides is 1. The van der Waals surface area contributed by atoms with E-state index in [9.17, 15) is 23.1 Å². The summed E-state index contributed by atoms with van der Waals surface area (Å²) in [5.41, 5.74) is 0. The van der Waals surface area contributed by atoms with E-state index in [2.05, 4.69) is 4.74 Å². The Balaban J connectivity index is 2.34. The van der Waals surface area contributed by atoms with Gasteiger partial charge in [-0.1, -0.05) is 0 Å². The first-order valence-corrected chi connectivity index (χ1v) is 4.96. The summed E-state index contributed by atoms with van der Waals surface area (Å²) in [5, 5.41) is 9.25. The second-order valence-corrected chi connectivity index (χ2v) is 3.91. The zero-order chi connectivity index (χ0) is 12.3. The van der Waals surface area contributed by atoms with Crippen LogP contribution in [-0.2, 0) is 4.74 Å². The lowest BCUT2D eigenvalue weighted by Crippen LogP contribution is -2.33. The van der Waals surface area contributed by atoms with Crippen LogP contribution in [0.25, 0.3) is 0 Å². The minimum atomic E-state index is -4.50. The van der Waals surface area contributed by atoms with Crippen molar-refractivity contribution in [3.8, 4) is 0 Å². The van der Waals surface area contributed by atoms with E-state index in [1.807, 2.05) is 0 Å². The quantitative estimate of drug-likeness (QED) is 0.794. The fourth-order valence-corrected chi connectivity index (χ4v) is 1.58. The molecule has 0 aliphatic carbocycles. The van der Waals surface area contributed by atoms with Crippen molar-refractivity contribution in [2.75, 3.05) is 19.7 Å². The molecular formula is C9H14F3NO3. The Kier molecular flexibility index (Phi) is 4.01. The lowest BCUT2D eigenvalue weighted by Gasteiger charge is -2.17. The average molecular weight is 241 g/mol. The number of alkyl halides is 3. The van der Waals surface area contributed by atoms with Gasteiger partial charge in [0.25, 0.3) is 0 Å². The summed E-state index contributed by atoms with van der Waals surface area (Å²) in [7, 11) is 0. The number of carbonyl (C=O) groups excluding carboxylic acids is 1. The van der Waals surface area contributed by atoms with E-state index in [4.69, 9.17) is 0 Å². The van der Waals surface area contributed by atoms with Gasteiger partial charge in [0.1, 0.15) is 0 Å². The molecule has 0 bridgehead atoms. The highest BCUT2D eigenvalue weighted by Crippen LogP contribution is 2.21. The van der Waals surface area contributed by atoms with Crippen LogP contribution in [0.15, 0.2) is 0 Å². The Morgan fingerprint density at radius 1 is 1.62 bits per heavy atom. The highest BCUT2D eigenvalue weighted by molar-refractivity contribution is 5.68. The third-order valence-electron chi connectivity index (χ3n) is 2.52. The number of aliphatic hydroxyl groups excluding tert-OH is 1. The molecule has 1 aliphatic heterocycles. The number of rotatable bonds is 2. The van der Waals surface area contributed by atoms with Crippen LogP contribution in [0, 0.1) is 5.92 Å². The fraction of sp³-hybridized carbons (Fsp3) is 0.889. The largest absolute Gasteiger partial charge is 0.440 e. The summed E-state index contributed by atoms with van der Waals surface area (Å²) in [4.78, 5) is 12.4. The smallest absolute Gasteiger partial charge is 0.422 e. The van der Waals surface area contributed by atoms with Gasteiger partial charge in [0, 0.05) is 19.0 Å². The Labute approximate surface area is 91.0 Å². The molecule has 0 radical (unpaired) electrons. The van der Waals surface area contributed by atoms with Gasteiger partial charge >= 0.3 is 12.3 Å². The van der Waals surface area contributed by atoms with Gasteiger partial charge in [0.2, 0.25) is 0 Å². The summed E-state index contributed by atoms with van der Waals surface area (Å²) in [6, 6.07) is 0. The van der Waals surface area contributed by atoms with Gasteiger partial charge in [-0.3, -0.25) is 0 Å². The highest BCUT2D eigenvalue weighted by atomic mass is 19.4. The molecule has 7 heteroatoms. The van der Waals surface area contributed by atoms with E-state index in [0.717, 1.165) is 0 Å². The molecule has 1 rings (SSSR count). The summed E-state index contributed by atoms with van der Waals surface area (Å²) >= 11 is 0. The van der Waals surface area contributed by atoms with Gasteiger partial charge in [-0.15, -0.1) is 0 Å². The Bertz CT molecular complexity index is 255. The second kappa shape index (κ2) is 4.90. The van der Waals surface area contributed by atoms with Gasteiger partial charge in [-0.25, -0.2) is 4.79 Å². The number of likely N-dealkylation sites (tertiary alicyclic amines) is 1. The van der Waals surface area contributed by atoms with Crippen LogP contribution < -0.4 is 0 Å². The van der Waals surface area contributed by atoms with Gasteiger partial charge in [-0.05, 0) is 13.3 Å². The van der Waals surface area contributed by atoms with Gasteiger partial charge < -0.3 is 14.7 Å². The normalized spacial score (nSPS) is 23.3. The minimum absolute atomic E-state index is 0.0848. The zero-order valence-corrected chi connectivity index (χ0v) is 8.83. The molecule has 1 aliphatic rings. The number of ether oxygens (including phenoxy) is 1. The topological polar surface area (TPSA) is 49.8 Å². The van der Waals surface area contributed by atoms with Crippen LogP contribution in [0.3, 0.4) is 0 Å². The number of halogens is 3. The summed E-state index contributed by atoms with van der Waals surface area (Å²) in [5.74, 6) is -0.0848. The summed E-state index contributed by atoms with van der Waals surface area (Å²) < 4.78 is 39.4. The molecule has 0 aromatic heterocycles. The predicted octanol–water partition coefficient (Wildman–Crippen LogP) is 1.39. The summed E-state index contributed by atoms with van der Waals surface area (Å²) in [6.07, 6.45) is -5.46. The molecule has 4 nitrogen and oxygen atoms in total. The maximum absolute atomic E-state index is 11.8. The molecule has 0 saturated carbocycles. The van der Waals surface area contributed by atoms with Crippen molar-refractivity contribution in [3.63, 3.8) is 0 Å². The minimum Gasteiger partial charge on any atom is -0.440 e. The number of carbonyl (C=O) groups is 1. The number of hydrogen-bond acceptors (Lipinski definition) is 3. The molecule has 0 aromatic rings. The second-order valence-electron chi connectivity index (χ2n) is 3.91. The molecule has 2 unspecified atom stereocenters. The van der Waals surface area contributed by atoms with Crippen LogP contribution in [0.5, 0.6) is 0 Å². The van der Waals surface area contributed by atoms with Crippen LogP contribution >= 0.6 is 0 Å². The number of nitrogens with zero attached hydrogens (tertiary/aromatic N) is 1. The SMILES string of the molecule is CC(O)C1CCN(C(=O)OCC(F)(F)F)C1. The van der Waals surface area contributed by atoms with Gasteiger partial charge in [0.05, 0.1) is 6.10 Å². The maximum atomic E-state index is 11.8. The maximum Gasteiger partial charge on any atom is 0.422 e. The highest BCUT2D eigenvalue weighted by Gasteiger charge is 2.33. The van der Waals surface area contributed by atoms with E-state index in [1.165, 1.54) is 4.90 Å². The molecule has 1 N–H and O–H groups in total. The zero-order valence-electron chi connectivity index (χ0n) is 8.83. The molecule has 1 heterocycles. The Morgan fingerprint density at radius 3 is 2.69 bits per heavy atom. The molecule has 1 amide bonds. The van der Waals surface area contributed by atoms with Crippen molar-refractivity contribution in [2.45, 2.75) is 25.6 Å². The monoisotopic (exact) mass is 241 g/mol. The molecule has 0 spiro atoms. The molecule has 1 saturated heterocycles. The Hall–Kier alpha value is -0.980. The molecule has 94 valence electrons. The van der Waals surface area contributed by atoms with Gasteiger partial charge in [0.15, 0.2) is 6.61 Å². The third-order valence-corrected chi connectivity index (χ3v) is 2.52. The fourth-order valence-electron chi connectivity index (χ4n) is 1.58. The van der Waals surface area contributed by atoms with E-state index in [-0.39, 0.29) is 12.5 Å². The van der Waals surface area contributed by atoms with E-state index in [1.54, 1.807) is 6.92 Å². The van der Waals surface area contributed by atoms with E-state index >= 15 is 0 Å². The lowest BCUT2D eigenvalue weighted by atomic mass is 10.0. The standard InChI is InChI=1S/C9H14F3NO3/c1-6(14)7-2-3-13(4-7)8(15)16-5-9(10,11)12/h6-7,14H,2-5H2,1H3. The molecular weight excluding hydrogens is 227 g/mol. The van der Waals surface area contributed by atoms with Gasteiger partial charge in [-0.2, -0.15) is 13.2 Å². The molecule has 16 heavy (non-hydrogen) atoms. The van der Waals surface area contributed by atoms with Crippen LogP contribution in [0.4, 0.5) is 18.0 Å².